The molecule has 1 unspecified atom stereocenters. The van der Waals surface area contributed by atoms with Crippen LogP contribution in [0, 0.1) is 0 Å². The summed E-state index contributed by atoms with van der Waals surface area (Å²) in [5.41, 5.74) is 15.5. The number of rotatable bonds is 21. The predicted molar refractivity (Wildman–Crippen MR) is 501 cm³/mol. The van der Waals surface area contributed by atoms with Gasteiger partial charge in [0.2, 0.25) is 0 Å². The number of fused-ring (bicyclic) bond motifs is 8. The molecular formula is C91H103N13O30S5. The summed E-state index contributed by atoms with van der Waals surface area (Å²) in [4.78, 5) is 120. The zero-order chi connectivity index (χ0) is 101. The lowest BCUT2D eigenvalue weighted by Crippen LogP contribution is -2.33. The minimum absolute atomic E-state index is 0.00456. The summed E-state index contributed by atoms with van der Waals surface area (Å²) in [6.07, 6.45) is 12.3. The minimum Gasteiger partial charge on any atom is -0.478 e. The van der Waals surface area contributed by atoms with Crippen molar-refractivity contribution >= 4 is 138 Å². The number of methoxy groups -OCH3 is 3. The smallest absolute Gasteiger partial charge is 0.355 e. The number of amides is 6. The Bertz CT molecular complexity index is 6840. The number of carbonyl (C=O) groups excluding carboxylic acids is 9. The van der Waals surface area contributed by atoms with Gasteiger partial charge in [0, 0.05) is 55.2 Å². The van der Waals surface area contributed by atoms with Gasteiger partial charge in [-0.05, 0) is 207 Å². The van der Waals surface area contributed by atoms with Crippen LogP contribution in [0.3, 0.4) is 0 Å². The first-order valence-electron chi connectivity index (χ1n) is 43.6. The number of aromatic carboxylic acids is 1. The van der Waals surface area contributed by atoms with E-state index < -0.39 is 97.6 Å². The summed E-state index contributed by atoms with van der Waals surface area (Å²) in [7, 11) is -16.4. The Morgan fingerprint density at radius 1 is 0.410 bits per heavy atom. The molecule has 10 aromatic rings. The summed E-state index contributed by atoms with van der Waals surface area (Å²) in [5, 5.41) is 24.8. The first-order chi connectivity index (χ1) is 66.2. The fourth-order valence-electron chi connectivity index (χ4n) is 14.9. The zero-order valence-corrected chi connectivity index (χ0v) is 80.6. The number of carboxylic acid groups (broad SMARTS) is 1. The second kappa shape index (κ2) is 44.9. The van der Waals surface area contributed by atoms with E-state index in [1.165, 1.54) is 142 Å². The quantitative estimate of drug-likeness (QED) is 0.0196. The standard InChI is InChI=1S/2C20H23N3O6S.C16H18N2O6S.C15H14N2O5S.C14H12N2O5S.C6H13NO2/c2*1-2-13-9-17-20(25)22-16-10-14(3-4-18(16)30(26,27)23(17)11-13)19(24)21-6-5-15-12-28-7-8-29-15;1-4-10-7-13(16(20)24-3)18(9-10)25(21,22)14-6-5-11(8-12(14)17)15(19)23-2;1-3-9-6-12-14(18)16-11-7-10(15(19)22-2)4-5-13(11)23(20,21)17(12)8-9;1-2-8-5-11-13(17)15-10-6-9(14(18)19)3-4-12(10)22(20,21)16(11)7-8;7-2-1-6-5-8-3-4-9-6/h2*3-4,9-11,15H,2,5-8,12H2,1H3,(H,21,24)(H,22,25);5-9H,4,17H2,1-3H3;4-8H,3H2,1-2H3,(H,16,18);3-7H,2H2,1H3,(H,15,17)(H,18,19);6H,1-5,7H2/t2*15-;;;;/m10..../s1. The van der Waals surface area contributed by atoms with Crippen LogP contribution in [0.5, 0.6) is 0 Å². The van der Waals surface area contributed by atoms with Gasteiger partial charge in [-0.2, -0.15) is 0 Å². The SMILES string of the molecule is CCc1cc(C(=O)OC)n(S(=O)(=O)c2ccc(C(=O)OC)cc2N)c1.CCc1cc2n(c1)S(=O)(=O)c1ccc(C(=O)NCC[C@@H]3COCCO3)cc1NC2=O.CCc1cc2n(c1)S(=O)(=O)c1ccc(C(=O)NCC[C@H]3COCCO3)cc1NC2=O.CCc1cc2n(c1)S(=O)(=O)c1ccc(C(=O)O)cc1NC2=O.CCc1cc2n(c1)S(=O)(=O)c1ccc(C(=O)OC)cc1NC2=O.NCCC1COCCO1. The number of aryl methyl sites for hydroxylation is 5. The molecule has 5 aromatic heterocycles. The van der Waals surface area contributed by atoms with Crippen LogP contribution in [-0.4, -0.2) is 245 Å². The van der Waals surface area contributed by atoms with Crippen molar-refractivity contribution in [3.05, 3.63) is 236 Å². The molecule has 742 valence electrons. The van der Waals surface area contributed by atoms with E-state index in [-0.39, 0.29) is 139 Å². The largest absolute Gasteiger partial charge is 0.478 e. The van der Waals surface area contributed by atoms with E-state index in [4.69, 9.17) is 45.0 Å². The molecule has 0 aliphatic carbocycles. The van der Waals surface area contributed by atoms with Crippen molar-refractivity contribution in [3.63, 3.8) is 0 Å². The van der Waals surface area contributed by atoms with Gasteiger partial charge in [0.25, 0.3) is 85.6 Å². The van der Waals surface area contributed by atoms with E-state index in [9.17, 15) is 90.0 Å². The first-order valence-corrected chi connectivity index (χ1v) is 50.8. The van der Waals surface area contributed by atoms with Gasteiger partial charge in [-0.3, -0.25) is 28.8 Å². The van der Waals surface area contributed by atoms with E-state index in [1.807, 2.05) is 34.6 Å². The third-order valence-corrected chi connectivity index (χ3v) is 31.1. The van der Waals surface area contributed by atoms with Crippen LogP contribution in [0.25, 0.3) is 0 Å². The molecular weight excluding hydrogens is 1920 g/mol. The number of esters is 3. The average molecular weight is 2020 g/mol. The van der Waals surface area contributed by atoms with Crippen molar-refractivity contribution in [2.45, 2.75) is 129 Å². The van der Waals surface area contributed by atoms with Crippen LogP contribution >= 0.6 is 0 Å². The van der Waals surface area contributed by atoms with E-state index in [1.54, 1.807) is 18.2 Å². The average Bonchev–Trinajstić information content (AvgIpc) is 1.67. The van der Waals surface area contributed by atoms with Gasteiger partial charge in [0.05, 0.1) is 144 Å². The number of carbonyl (C=O) groups is 10. The monoisotopic (exact) mass is 2020 g/mol. The lowest BCUT2D eigenvalue weighted by molar-refractivity contribution is -0.0900. The lowest BCUT2D eigenvalue weighted by Gasteiger charge is -2.22. The number of nitrogen functional groups attached to an aromatic ring is 1. The van der Waals surface area contributed by atoms with Crippen LogP contribution in [-0.2, 0) is 125 Å². The number of hydrogen-bond acceptors (Lipinski definition) is 31. The fraction of sp³-hybridized carbons (Fsp3) is 0.341. The molecule has 43 nitrogen and oxygen atoms in total. The Hall–Kier alpha value is -13.5. The van der Waals surface area contributed by atoms with Crippen LogP contribution in [0.1, 0.15) is 186 Å². The maximum atomic E-state index is 13.1. The molecule has 3 fully saturated rings. The number of anilines is 5. The molecule has 139 heavy (non-hydrogen) atoms. The Labute approximate surface area is 799 Å². The molecule has 0 bridgehead atoms. The summed E-state index contributed by atoms with van der Waals surface area (Å²) >= 11 is 0. The van der Waals surface area contributed by atoms with Gasteiger partial charge in [-0.25, -0.2) is 81.1 Å². The van der Waals surface area contributed by atoms with Crippen LogP contribution in [0.4, 0.5) is 28.4 Å². The van der Waals surface area contributed by atoms with Crippen molar-refractivity contribution < 1.29 is 138 Å². The van der Waals surface area contributed by atoms with E-state index in [0.29, 0.717) is 110 Å². The molecule has 12 heterocycles. The van der Waals surface area contributed by atoms with Gasteiger partial charge < -0.3 is 91.1 Å². The van der Waals surface area contributed by atoms with E-state index >= 15 is 0 Å². The summed E-state index contributed by atoms with van der Waals surface area (Å²) in [5.74, 6) is -6.18. The maximum absolute atomic E-state index is 13.1. The van der Waals surface area contributed by atoms with E-state index in [2.05, 4.69) is 46.1 Å². The molecule has 6 amide bonds. The molecule has 0 saturated carbocycles. The molecule has 0 spiro atoms. The Morgan fingerprint density at radius 3 is 1.02 bits per heavy atom. The van der Waals surface area contributed by atoms with Crippen molar-refractivity contribution in [2.24, 2.45) is 5.73 Å². The van der Waals surface area contributed by atoms with Gasteiger partial charge in [-0.15, -0.1) is 0 Å². The third kappa shape index (κ3) is 23.4. The number of nitrogens with one attached hydrogen (secondary N) is 6. The lowest BCUT2D eigenvalue weighted by atomic mass is 10.1. The van der Waals surface area contributed by atoms with Crippen LogP contribution in [0.15, 0.2) is 177 Å². The van der Waals surface area contributed by atoms with Gasteiger partial charge in [0.15, 0.2) is 0 Å². The Kier molecular flexibility index (Phi) is 33.7. The zero-order valence-electron chi connectivity index (χ0n) is 76.5. The summed E-state index contributed by atoms with van der Waals surface area (Å²) < 4.78 is 180. The van der Waals surface area contributed by atoms with Crippen LogP contribution in [0.2, 0.25) is 0 Å². The molecule has 0 radical (unpaired) electrons. The highest BCUT2D eigenvalue weighted by Gasteiger charge is 2.38. The van der Waals surface area contributed by atoms with Gasteiger partial charge in [0.1, 0.15) is 52.9 Å². The third-order valence-electron chi connectivity index (χ3n) is 22.4. The summed E-state index contributed by atoms with van der Waals surface area (Å²) in [6.45, 7) is 16.2. The van der Waals surface area contributed by atoms with Gasteiger partial charge >= 0.3 is 23.9 Å². The number of ether oxygens (including phenoxy) is 9. The highest BCUT2D eigenvalue weighted by molar-refractivity contribution is 7.91. The maximum Gasteiger partial charge on any atom is 0.355 e. The van der Waals surface area contributed by atoms with Crippen molar-refractivity contribution in [1.82, 2.24) is 30.5 Å². The second-order valence-corrected chi connectivity index (χ2v) is 40.4. The molecule has 3 atom stereocenters. The van der Waals surface area contributed by atoms with Crippen molar-refractivity contribution in [1.29, 1.82) is 0 Å². The van der Waals surface area contributed by atoms with E-state index in [0.717, 1.165) is 81.5 Å². The Balaban J connectivity index is 0.000000153. The molecule has 3 saturated heterocycles. The normalized spacial score (nSPS) is 17.4. The molecule has 17 rings (SSSR count). The number of nitrogens with zero attached hydrogens (tertiary/aromatic N) is 5. The predicted octanol–water partition coefficient (Wildman–Crippen LogP) is 7.16. The number of carboxylic acids is 1. The highest BCUT2D eigenvalue weighted by atomic mass is 32.2. The second-order valence-electron chi connectivity index (χ2n) is 31.5. The van der Waals surface area contributed by atoms with Crippen LogP contribution < -0.4 is 43.4 Å². The fourth-order valence-corrected chi connectivity index (χ4v) is 22.4. The highest BCUT2D eigenvalue weighted by Crippen LogP contribution is 2.37. The molecule has 5 aromatic carbocycles. The topological polar surface area (TPSA) is 594 Å². The number of hydrogen-bond donors (Lipinski definition) is 9. The minimum atomic E-state index is -4.16. The molecule has 11 N–H and O–H groups in total. The molecule has 7 aliphatic heterocycles. The number of nitrogens with two attached hydrogens (primary N) is 2. The summed E-state index contributed by atoms with van der Waals surface area (Å²) in [6, 6.07) is 27.1. The molecule has 48 heteroatoms. The molecule has 7 aliphatic rings. The van der Waals surface area contributed by atoms with Crippen molar-refractivity contribution in [2.75, 3.05) is 127 Å². The Morgan fingerprint density at radius 2 is 0.712 bits per heavy atom. The van der Waals surface area contributed by atoms with Crippen molar-refractivity contribution in [3.8, 4) is 0 Å². The first kappa shape index (κ1) is 104. The number of aromatic nitrogens is 5. The van der Waals surface area contributed by atoms with Gasteiger partial charge in [-0.1, -0.05) is 34.6 Å². The number of benzene rings is 5.